The molecule has 0 bridgehead atoms. The van der Waals surface area contributed by atoms with Crippen LogP contribution in [-0.4, -0.2) is 29.9 Å². The van der Waals surface area contributed by atoms with Gasteiger partial charge >= 0.3 is 0 Å². The molecule has 0 unspecified atom stereocenters. The number of rotatable bonds is 1. The minimum Gasteiger partial charge on any atom is -0.339 e. The van der Waals surface area contributed by atoms with Crippen LogP contribution in [0.25, 0.3) is 0 Å². The second-order valence-corrected chi connectivity index (χ2v) is 5.09. The van der Waals surface area contributed by atoms with Crippen LogP contribution in [-0.2, 0) is 4.79 Å². The third-order valence-electron chi connectivity index (χ3n) is 3.67. The molecule has 3 nitrogen and oxygen atoms in total. The van der Waals surface area contributed by atoms with Crippen LogP contribution < -0.4 is 5.73 Å². The monoisotopic (exact) mass is 196 g/mol. The maximum absolute atomic E-state index is 12.1. The summed E-state index contributed by atoms with van der Waals surface area (Å²) >= 11 is 0. The highest BCUT2D eigenvalue weighted by Crippen LogP contribution is 2.38. The van der Waals surface area contributed by atoms with E-state index in [0.717, 1.165) is 25.9 Å². The van der Waals surface area contributed by atoms with Crippen LogP contribution >= 0.6 is 0 Å². The number of likely N-dealkylation sites (tertiary alicyclic amines) is 1. The van der Waals surface area contributed by atoms with Crippen molar-refractivity contribution in [1.82, 2.24) is 4.90 Å². The number of carbonyl (C=O) groups excluding carboxylic acids is 1. The van der Waals surface area contributed by atoms with Crippen LogP contribution in [0, 0.1) is 5.41 Å². The number of nitrogens with zero attached hydrogens (tertiary/aromatic N) is 1. The summed E-state index contributed by atoms with van der Waals surface area (Å²) in [6.45, 7) is 3.67. The molecule has 1 saturated heterocycles. The normalized spacial score (nSPS) is 27.1. The molecule has 0 aromatic rings. The molecule has 1 heterocycles. The second-order valence-electron chi connectivity index (χ2n) is 5.09. The van der Waals surface area contributed by atoms with Crippen molar-refractivity contribution in [2.24, 2.45) is 11.1 Å². The molecule has 0 aromatic carbocycles. The van der Waals surface area contributed by atoms with Gasteiger partial charge in [0.2, 0.25) is 5.91 Å². The van der Waals surface area contributed by atoms with Gasteiger partial charge in [0.15, 0.2) is 0 Å². The zero-order valence-corrected chi connectivity index (χ0v) is 8.96. The molecule has 80 valence electrons. The summed E-state index contributed by atoms with van der Waals surface area (Å²) in [5.41, 5.74) is 5.61. The molecule has 0 atom stereocenters. The summed E-state index contributed by atoms with van der Waals surface area (Å²) < 4.78 is 0. The lowest BCUT2D eigenvalue weighted by atomic mass is 9.74. The summed E-state index contributed by atoms with van der Waals surface area (Å²) in [6.07, 6.45) is 5.85. The van der Waals surface area contributed by atoms with E-state index in [-0.39, 0.29) is 11.5 Å². The largest absolute Gasteiger partial charge is 0.339 e. The van der Waals surface area contributed by atoms with E-state index < -0.39 is 0 Å². The van der Waals surface area contributed by atoms with Gasteiger partial charge in [0.05, 0.1) is 0 Å². The molecule has 2 fully saturated rings. The lowest BCUT2D eigenvalue weighted by Gasteiger charge is -2.44. The van der Waals surface area contributed by atoms with Gasteiger partial charge in [-0.05, 0) is 12.8 Å². The SMILES string of the molecule is CC1(C(=O)N2CC(N)C2)CCCCC1. The van der Waals surface area contributed by atoms with E-state index in [2.05, 4.69) is 6.92 Å². The van der Waals surface area contributed by atoms with Gasteiger partial charge in [-0.1, -0.05) is 26.2 Å². The van der Waals surface area contributed by atoms with Gasteiger partial charge in [-0.25, -0.2) is 0 Å². The minimum absolute atomic E-state index is 0.0710. The lowest BCUT2D eigenvalue weighted by molar-refractivity contribution is -0.147. The van der Waals surface area contributed by atoms with E-state index in [1.165, 1.54) is 19.3 Å². The van der Waals surface area contributed by atoms with Crippen LogP contribution in [0.5, 0.6) is 0 Å². The fourth-order valence-electron chi connectivity index (χ4n) is 2.61. The highest BCUT2D eigenvalue weighted by molar-refractivity contribution is 5.83. The van der Waals surface area contributed by atoms with E-state index in [0.29, 0.717) is 5.91 Å². The van der Waals surface area contributed by atoms with E-state index in [4.69, 9.17) is 5.73 Å². The molecule has 0 aromatic heterocycles. The van der Waals surface area contributed by atoms with Crippen molar-refractivity contribution in [3.8, 4) is 0 Å². The maximum atomic E-state index is 12.1. The summed E-state index contributed by atoms with van der Waals surface area (Å²) in [5.74, 6) is 0.346. The van der Waals surface area contributed by atoms with Crippen molar-refractivity contribution < 1.29 is 4.79 Å². The second kappa shape index (κ2) is 3.54. The Hall–Kier alpha value is -0.570. The number of amides is 1. The highest BCUT2D eigenvalue weighted by atomic mass is 16.2. The van der Waals surface area contributed by atoms with Gasteiger partial charge in [0, 0.05) is 24.5 Å². The first-order valence-electron chi connectivity index (χ1n) is 5.67. The Balaban J connectivity index is 1.95. The molecule has 2 aliphatic rings. The van der Waals surface area contributed by atoms with E-state index in [9.17, 15) is 4.79 Å². The molecule has 14 heavy (non-hydrogen) atoms. The van der Waals surface area contributed by atoms with Crippen molar-refractivity contribution in [2.45, 2.75) is 45.1 Å². The van der Waals surface area contributed by atoms with E-state index in [1.54, 1.807) is 0 Å². The van der Waals surface area contributed by atoms with Crippen LogP contribution in [0.4, 0.5) is 0 Å². The lowest BCUT2D eigenvalue weighted by Crippen LogP contribution is -2.61. The van der Waals surface area contributed by atoms with Gasteiger partial charge in [-0.2, -0.15) is 0 Å². The van der Waals surface area contributed by atoms with E-state index in [1.807, 2.05) is 4.90 Å². The highest BCUT2D eigenvalue weighted by Gasteiger charge is 2.40. The smallest absolute Gasteiger partial charge is 0.228 e. The quantitative estimate of drug-likeness (QED) is 0.683. The van der Waals surface area contributed by atoms with Crippen LogP contribution in [0.1, 0.15) is 39.0 Å². The van der Waals surface area contributed by atoms with Gasteiger partial charge in [-0.3, -0.25) is 4.79 Å². The van der Waals surface area contributed by atoms with Crippen molar-refractivity contribution in [3.05, 3.63) is 0 Å². The van der Waals surface area contributed by atoms with Gasteiger partial charge in [0.1, 0.15) is 0 Å². The molecule has 2 rings (SSSR count). The molecule has 1 saturated carbocycles. The van der Waals surface area contributed by atoms with Crippen molar-refractivity contribution in [3.63, 3.8) is 0 Å². The molecule has 1 aliphatic carbocycles. The van der Waals surface area contributed by atoms with E-state index >= 15 is 0 Å². The van der Waals surface area contributed by atoms with Crippen LogP contribution in [0.2, 0.25) is 0 Å². The summed E-state index contributed by atoms with van der Waals surface area (Å²) in [7, 11) is 0. The number of nitrogens with two attached hydrogens (primary N) is 1. The third kappa shape index (κ3) is 1.65. The predicted molar refractivity (Wildman–Crippen MR) is 55.7 cm³/mol. The molecule has 0 radical (unpaired) electrons. The molecule has 3 heteroatoms. The first kappa shape index (κ1) is 9.97. The van der Waals surface area contributed by atoms with Gasteiger partial charge in [0.25, 0.3) is 0 Å². The van der Waals surface area contributed by atoms with Crippen LogP contribution in [0.15, 0.2) is 0 Å². The number of hydrogen-bond acceptors (Lipinski definition) is 2. The summed E-state index contributed by atoms with van der Waals surface area (Å²) in [4.78, 5) is 14.0. The Morgan fingerprint density at radius 1 is 1.29 bits per heavy atom. The third-order valence-corrected chi connectivity index (χ3v) is 3.67. The summed E-state index contributed by atoms with van der Waals surface area (Å²) in [6, 6.07) is 0.228. The first-order chi connectivity index (χ1) is 6.62. The van der Waals surface area contributed by atoms with Crippen molar-refractivity contribution in [2.75, 3.05) is 13.1 Å². The van der Waals surface area contributed by atoms with Crippen molar-refractivity contribution >= 4 is 5.91 Å². The molecule has 1 aliphatic heterocycles. The topological polar surface area (TPSA) is 46.3 Å². The average Bonchev–Trinajstić information content (AvgIpc) is 2.13. The summed E-state index contributed by atoms with van der Waals surface area (Å²) in [5, 5.41) is 0. The molecule has 1 amide bonds. The molecule has 2 N–H and O–H groups in total. The number of carbonyl (C=O) groups is 1. The fraction of sp³-hybridized carbons (Fsp3) is 0.909. The fourth-order valence-corrected chi connectivity index (χ4v) is 2.61. The van der Waals surface area contributed by atoms with Gasteiger partial charge < -0.3 is 10.6 Å². The Morgan fingerprint density at radius 3 is 2.36 bits per heavy atom. The predicted octanol–water partition coefficient (Wildman–Crippen LogP) is 1.13. The Kier molecular flexibility index (Phi) is 2.52. The number of hydrogen-bond donors (Lipinski definition) is 1. The van der Waals surface area contributed by atoms with Crippen molar-refractivity contribution in [1.29, 1.82) is 0 Å². The Bertz CT molecular complexity index is 227. The minimum atomic E-state index is -0.0710. The standard InChI is InChI=1S/C11H20N2O/c1-11(5-3-2-4-6-11)10(14)13-7-9(12)8-13/h9H,2-8,12H2,1H3. The Labute approximate surface area is 85.6 Å². The molecule has 0 spiro atoms. The zero-order valence-electron chi connectivity index (χ0n) is 8.96. The molecular formula is C11H20N2O. The maximum Gasteiger partial charge on any atom is 0.228 e. The Morgan fingerprint density at radius 2 is 1.86 bits per heavy atom. The molecular weight excluding hydrogens is 176 g/mol. The average molecular weight is 196 g/mol. The zero-order chi connectivity index (χ0) is 10.2. The van der Waals surface area contributed by atoms with Crippen LogP contribution in [0.3, 0.4) is 0 Å². The van der Waals surface area contributed by atoms with Gasteiger partial charge in [-0.15, -0.1) is 0 Å². The first-order valence-corrected chi connectivity index (χ1v) is 5.67.